The van der Waals surface area contributed by atoms with Crippen molar-refractivity contribution in [1.82, 2.24) is 0 Å². The van der Waals surface area contributed by atoms with Crippen molar-refractivity contribution >= 4 is 29.6 Å². The van der Waals surface area contributed by atoms with E-state index in [9.17, 15) is 5.11 Å². The van der Waals surface area contributed by atoms with Crippen LogP contribution in [0.5, 0.6) is 5.75 Å². The first-order valence-corrected chi connectivity index (χ1v) is 7.86. The lowest BCUT2D eigenvalue weighted by Crippen LogP contribution is -2.25. The number of aliphatic hydroxyl groups is 1. The van der Waals surface area contributed by atoms with Crippen molar-refractivity contribution in [3.05, 3.63) is 35.9 Å². The second-order valence-corrected chi connectivity index (χ2v) is 6.35. The molecule has 3 nitrogen and oxygen atoms in total. The van der Waals surface area contributed by atoms with Gasteiger partial charge in [0.25, 0.3) is 0 Å². The molecule has 0 radical (unpaired) electrons. The fraction of sp³-hybridized carbons (Fsp3) is 0.385. The van der Waals surface area contributed by atoms with Crippen LogP contribution in [0.25, 0.3) is 6.08 Å². The Morgan fingerprint density at radius 2 is 2.28 bits per heavy atom. The van der Waals surface area contributed by atoms with Crippen molar-refractivity contribution in [3.8, 4) is 5.75 Å². The Morgan fingerprint density at radius 1 is 1.44 bits per heavy atom. The number of nitrogens with two attached hydrogens (primary N) is 1. The second kappa shape index (κ2) is 6.52. The van der Waals surface area contributed by atoms with Gasteiger partial charge in [0.15, 0.2) is 5.44 Å². The van der Waals surface area contributed by atoms with E-state index in [-0.39, 0.29) is 10.9 Å². The van der Waals surface area contributed by atoms with Crippen molar-refractivity contribution in [1.29, 1.82) is 0 Å². The summed E-state index contributed by atoms with van der Waals surface area (Å²) in [6.45, 7) is 4.29. The van der Waals surface area contributed by atoms with Crippen LogP contribution in [0.2, 0.25) is 0 Å². The molecule has 1 aromatic carbocycles. The third kappa shape index (κ3) is 3.45. The molecule has 0 saturated carbocycles. The largest absolute Gasteiger partial charge is 0.478 e. The van der Waals surface area contributed by atoms with E-state index in [0.717, 1.165) is 22.6 Å². The van der Waals surface area contributed by atoms with Gasteiger partial charge in [0.2, 0.25) is 0 Å². The molecular formula is C13H17NO2S2. The van der Waals surface area contributed by atoms with E-state index in [1.165, 1.54) is 11.8 Å². The summed E-state index contributed by atoms with van der Waals surface area (Å²) in [6.07, 6.45) is 1.78. The van der Waals surface area contributed by atoms with Gasteiger partial charge in [0.1, 0.15) is 11.2 Å². The minimum Gasteiger partial charge on any atom is -0.478 e. The van der Waals surface area contributed by atoms with Crippen molar-refractivity contribution in [2.24, 2.45) is 5.73 Å². The molecule has 1 saturated heterocycles. The first-order valence-electron chi connectivity index (χ1n) is 5.76. The molecular weight excluding hydrogens is 266 g/mol. The molecule has 2 atom stereocenters. The summed E-state index contributed by atoms with van der Waals surface area (Å²) in [6, 6.07) is 5.92. The van der Waals surface area contributed by atoms with E-state index in [0.29, 0.717) is 12.3 Å². The maximum Gasteiger partial charge on any atom is 0.153 e. The third-order valence-corrected chi connectivity index (χ3v) is 5.25. The molecule has 0 spiro atoms. The summed E-state index contributed by atoms with van der Waals surface area (Å²) in [5.74, 6) is 2.31. The molecule has 0 aliphatic carbocycles. The standard InChI is InChI=1S/C13H17NO2S2/c1-2-10-4-3-9(6-14)5-11(10)16-13-8-17-12(15)7-18-13/h2-5,12-13,15H,1,6-8,14H2. The lowest BCUT2D eigenvalue weighted by molar-refractivity contribution is 0.273. The van der Waals surface area contributed by atoms with Crippen LogP contribution in [0.4, 0.5) is 0 Å². The Hall–Kier alpha value is -0.620. The predicted octanol–water partition coefficient (Wildman–Crippen LogP) is 2.29. The molecule has 0 bridgehead atoms. The van der Waals surface area contributed by atoms with Crippen LogP contribution in [0.1, 0.15) is 11.1 Å². The van der Waals surface area contributed by atoms with Gasteiger partial charge in [0, 0.05) is 23.6 Å². The topological polar surface area (TPSA) is 55.5 Å². The smallest absolute Gasteiger partial charge is 0.153 e. The highest BCUT2D eigenvalue weighted by Gasteiger charge is 2.22. The summed E-state index contributed by atoms with van der Waals surface area (Å²) in [4.78, 5) is 0. The zero-order chi connectivity index (χ0) is 13.0. The molecule has 1 aliphatic heterocycles. The number of thioether (sulfide) groups is 2. The molecule has 1 heterocycles. The van der Waals surface area contributed by atoms with Gasteiger partial charge in [-0.05, 0) is 11.6 Å². The zero-order valence-electron chi connectivity index (χ0n) is 10.0. The summed E-state index contributed by atoms with van der Waals surface area (Å²) in [5.41, 5.74) is 7.46. The summed E-state index contributed by atoms with van der Waals surface area (Å²) >= 11 is 3.17. The number of hydrogen-bond acceptors (Lipinski definition) is 5. The van der Waals surface area contributed by atoms with Crippen molar-refractivity contribution in [3.63, 3.8) is 0 Å². The Balaban J connectivity index is 2.09. The predicted molar refractivity (Wildman–Crippen MR) is 79.8 cm³/mol. The van der Waals surface area contributed by atoms with Crippen LogP contribution in [-0.4, -0.2) is 27.5 Å². The lowest BCUT2D eigenvalue weighted by atomic mass is 10.1. The monoisotopic (exact) mass is 283 g/mol. The van der Waals surface area contributed by atoms with Gasteiger partial charge >= 0.3 is 0 Å². The third-order valence-electron chi connectivity index (χ3n) is 2.64. The van der Waals surface area contributed by atoms with Crippen molar-refractivity contribution in [2.45, 2.75) is 17.4 Å². The molecule has 1 aromatic rings. The van der Waals surface area contributed by atoms with Crippen LogP contribution >= 0.6 is 23.5 Å². The minimum atomic E-state index is -0.274. The molecule has 0 aromatic heterocycles. The molecule has 1 fully saturated rings. The molecule has 98 valence electrons. The fourth-order valence-corrected chi connectivity index (χ4v) is 3.90. The first kappa shape index (κ1) is 13.8. The molecule has 3 N–H and O–H groups in total. The summed E-state index contributed by atoms with van der Waals surface area (Å²) < 4.78 is 5.97. The Kier molecular flexibility index (Phi) is 5.00. The van der Waals surface area contributed by atoms with Crippen LogP contribution in [0, 0.1) is 0 Å². The van der Waals surface area contributed by atoms with Gasteiger partial charge in [0.05, 0.1) is 0 Å². The molecule has 2 rings (SSSR count). The van der Waals surface area contributed by atoms with Gasteiger partial charge < -0.3 is 15.6 Å². The molecule has 18 heavy (non-hydrogen) atoms. The molecule has 1 aliphatic rings. The maximum absolute atomic E-state index is 9.43. The van der Waals surface area contributed by atoms with Crippen LogP contribution in [-0.2, 0) is 6.54 Å². The van der Waals surface area contributed by atoms with Gasteiger partial charge in [-0.2, -0.15) is 0 Å². The van der Waals surface area contributed by atoms with Crippen molar-refractivity contribution in [2.75, 3.05) is 11.5 Å². The summed E-state index contributed by atoms with van der Waals surface area (Å²) in [5, 5.41) is 9.43. The molecule has 2 unspecified atom stereocenters. The molecule has 0 amide bonds. The van der Waals surface area contributed by atoms with Gasteiger partial charge in [-0.1, -0.05) is 24.8 Å². The van der Waals surface area contributed by atoms with Gasteiger partial charge in [-0.15, -0.1) is 23.5 Å². The number of ether oxygens (including phenoxy) is 1. The quantitative estimate of drug-likeness (QED) is 0.888. The Labute approximate surface area is 116 Å². The number of hydrogen-bond donors (Lipinski definition) is 2. The van der Waals surface area contributed by atoms with E-state index in [2.05, 4.69) is 6.58 Å². The van der Waals surface area contributed by atoms with Gasteiger partial charge in [-0.3, -0.25) is 0 Å². The minimum absolute atomic E-state index is 0.0742. The SMILES string of the molecule is C=Cc1ccc(CN)cc1OC1CSC(O)CS1. The normalized spacial score (nSPS) is 23.7. The van der Waals surface area contributed by atoms with E-state index in [4.69, 9.17) is 10.5 Å². The maximum atomic E-state index is 9.43. The zero-order valence-corrected chi connectivity index (χ0v) is 11.7. The van der Waals surface area contributed by atoms with E-state index < -0.39 is 0 Å². The van der Waals surface area contributed by atoms with Crippen LogP contribution in [0.15, 0.2) is 24.8 Å². The van der Waals surface area contributed by atoms with Crippen LogP contribution < -0.4 is 10.5 Å². The summed E-state index contributed by atoms with van der Waals surface area (Å²) in [7, 11) is 0. The van der Waals surface area contributed by atoms with E-state index in [1.807, 2.05) is 18.2 Å². The highest BCUT2D eigenvalue weighted by atomic mass is 32.2. The Bertz CT molecular complexity index is 417. The van der Waals surface area contributed by atoms with Gasteiger partial charge in [-0.25, -0.2) is 0 Å². The number of benzene rings is 1. The van der Waals surface area contributed by atoms with E-state index in [1.54, 1.807) is 17.8 Å². The second-order valence-electron chi connectivity index (χ2n) is 3.95. The van der Waals surface area contributed by atoms with E-state index >= 15 is 0 Å². The number of aliphatic hydroxyl groups excluding tert-OH is 1. The Morgan fingerprint density at radius 3 is 2.89 bits per heavy atom. The van der Waals surface area contributed by atoms with Crippen molar-refractivity contribution < 1.29 is 9.84 Å². The number of rotatable bonds is 4. The highest BCUT2D eigenvalue weighted by Crippen LogP contribution is 2.32. The average molecular weight is 283 g/mol. The lowest BCUT2D eigenvalue weighted by Gasteiger charge is -2.26. The average Bonchev–Trinajstić information content (AvgIpc) is 2.41. The highest BCUT2D eigenvalue weighted by molar-refractivity contribution is 8.06. The van der Waals surface area contributed by atoms with Crippen LogP contribution in [0.3, 0.4) is 0 Å². The first-order chi connectivity index (χ1) is 8.72. The fourth-order valence-electron chi connectivity index (χ4n) is 1.66. The molecule has 5 heteroatoms.